The zero-order chi connectivity index (χ0) is 20.8. The first-order valence-electron chi connectivity index (χ1n) is 9.87. The highest BCUT2D eigenvalue weighted by Crippen LogP contribution is 2.38. The van der Waals surface area contributed by atoms with Crippen LogP contribution in [0, 0.1) is 0 Å². The van der Waals surface area contributed by atoms with Crippen molar-refractivity contribution in [2.75, 3.05) is 13.2 Å². The first-order valence-corrected chi connectivity index (χ1v) is 10.7. The second-order valence-electron chi connectivity index (χ2n) is 6.73. The van der Waals surface area contributed by atoms with Crippen LogP contribution in [0.4, 0.5) is 0 Å². The van der Waals surface area contributed by atoms with Crippen molar-refractivity contribution in [3.05, 3.63) is 59.8 Å². The molecule has 5 nitrogen and oxygen atoms in total. The Morgan fingerprint density at radius 1 is 1.07 bits per heavy atom. The Hall–Kier alpha value is -2.60. The van der Waals surface area contributed by atoms with E-state index >= 15 is 0 Å². The standard InChI is InChI=1S/C23H27NO4S/c1-5-26-23(25)21-22(29-16(3)4)19-14-18(12-13-20(19)24(21)28-6-2)27-15-17-10-8-7-9-11-17/h7-14,16H,5-6,15H2,1-4H3. The number of aromatic nitrogens is 1. The van der Waals surface area contributed by atoms with Gasteiger partial charge in [-0.3, -0.25) is 0 Å². The maximum Gasteiger partial charge on any atom is 0.359 e. The average molecular weight is 414 g/mol. The van der Waals surface area contributed by atoms with Gasteiger partial charge in [-0.15, -0.1) is 11.8 Å². The fourth-order valence-electron chi connectivity index (χ4n) is 3.04. The zero-order valence-electron chi connectivity index (χ0n) is 17.3. The Kier molecular flexibility index (Phi) is 7.09. The molecule has 0 amide bonds. The van der Waals surface area contributed by atoms with Gasteiger partial charge in [-0.2, -0.15) is 4.73 Å². The van der Waals surface area contributed by atoms with Crippen molar-refractivity contribution in [2.45, 2.75) is 44.4 Å². The summed E-state index contributed by atoms with van der Waals surface area (Å²) in [5.74, 6) is 0.364. The maximum absolute atomic E-state index is 12.7. The normalized spacial score (nSPS) is 11.1. The third-order valence-electron chi connectivity index (χ3n) is 4.18. The van der Waals surface area contributed by atoms with Gasteiger partial charge in [-0.05, 0) is 37.6 Å². The van der Waals surface area contributed by atoms with Crippen LogP contribution in [0.2, 0.25) is 0 Å². The first-order chi connectivity index (χ1) is 14.0. The quantitative estimate of drug-likeness (QED) is 0.350. The second kappa shape index (κ2) is 9.74. The molecule has 0 saturated heterocycles. The number of nitrogens with zero attached hydrogens (tertiary/aromatic N) is 1. The van der Waals surface area contributed by atoms with Crippen LogP contribution in [0.15, 0.2) is 53.4 Å². The SMILES string of the molecule is CCOC(=O)c1c(SC(C)C)c2cc(OCc3ccccc3)ccc2n1OCC. The molecule has 0 aliphatic rings. The van der Waals surface area contributed by atoms with Gasteiger partial charge >= 0.3 is 5.97 Å². The van der Waals surface area contributed by atoms with Gasteiger partial charge in [0.15, 0.2) is 5.69 Å². The molecule has 2 aromatic carbocycles. The van der Waals surface area contributed by atoms with Crippen molar-refractivity contribution < 1.29 is 19.1 Å². The summed E-state index contributed by atoms with van der Waals surface area (Å²) in [6.45, 7) is 9.12. The topological polar surface area (TPSA) is 49.7 Å². The number of esters is 1. The molecule has 3 aromatic rings. The number of ether oxygens (including phenoxy) is 2. The van der Waals surface area contributed by atoms with Gasteiger partial charge in [0, 0.05) is 10.6 Å². The predicted octanol–water partition coefficient (Wildman–Crippen LogP) is 5.35. The molecule has 0 fully saturated rings. The first kappa shape index (κ1) is 21.1. The molecular formula is C23H27NO4S. The van der Waals surface area contributed by atoms with Crippen LogP contribution >= 0.6 is 11.8 Å². The van der Waals surface area contributed by atoms with Crippen molar-refractivity contribution in [3.63, 3.8) is 0 Å². The smallest absolute Gasteiger partial charge is 0.359 e. The summed E-state index contributed by atoms with van der Waals surface area (Å²) in [5.41, 5.74) is 2.36. The lowest BCUT2D eigenvalue weighted by Gasteiger charge is -2.11. The van der Waals surface area contributed by atoms with Gasteiger partial charge in [-0.1, -0.05) is 44.2 Å². The third kappa shape index (κ3) is 4.88. The molecule has 3 rings (SSSR count). The fraction of sp³-hybridized carbons (Fsp3) is 0.348. The highest BCUT2D eigenvalue weighted by molar-refractivity contribution is 8.00. The lowest BCUT2D eigenvalue weighted by molar-refractivity contribution is 0.0451. The van der Waals surface area contributed by atoms with E-state index < -0.39 is 0 Å². The molecule has 0 aliphatic carbocycles. The number of carbonyl (C=O) groups is 1. The van der Waals surface area contributed by atoms with Crippen LogP contribution in [-0.2, 0) is 11.3 Å². The van der Waals surface area contributed by atoms with Crippen molar-refractivity contribution in [1.82, 2.24) is 4.73 Å². The maximum atomic E-state index is 12.7. The molecule has 0 unspecified atom stereocenters. The second-order valence-corrected chi connectivity index (χ2v) is 8.32. The molecule has 1 heterocycles. The van der Waals surface area contributed by atoms with Crippen LogP contribution in [0.1, 0.15) is 43.7 Å². The number of carbonyl (C=O) groups excluding carboxylic acids is 1. The predicted molar refractivity (Wildman–Crippen MR) is 117 cm³/mol. The summed E-state index contributed by atoms with van der Waals surface area (Å²) in [7, 11) is 0. The Balaban J connectivity index is 2.05. The molecule has 6 heteroatoms. The van der Waals surface area contributed by atoms with Crippen LogP contribution in [0.3, 0.4) is 0 Å². The van der Waals surface area contributed by atoms with Crippen LogP contribution in [-0.4, -0.2) is 29.2 Å². The summed E-state index contributed by atoms with van der Waals surface area (Å²) >= 11 is 1.62. The highest BCUT2D eigenvalue weighted by Gasteiger charge is 2.26. The van der Waals surface area contributed by atoms with Gasteiger partial charge in [0.1, 0.15) is 19.0 Å². The Morgan fingerprint density at radius 2 is 1.83 bits per heavy atom. The molecule has 0 bridgehead atoms. The molecule has 0 aliphatic heterocycles. The van der Waals surface area contributed by atoms with E-state index in [-0.39, 0.29) is 11.2 Å². The molecule has 0 saturated carbocycles. The Bertz CT molecular complexity index is 966. The van der Waals surface area contributed by atoms with Gasteiger partial charge in [0.2, 0.25) is 0 Å². The molecule has 0 atom stereocenters. The van der Waals surface area contributed by atoms with Crippen LogP contribution < -0.4 is 9.57 Å². The molecule has 0 radical (unpaired) electrons. The minimum absolute atomic E-state index is 0.290. The molecule has 29 heavy (non-hydrogen) atoms. The molecule has 0 N–H and O–H groups in total. The van der Waals surface area contributed by atoms with E-state index in [1.807, 2.05) is 55.5 Å². The van der Waals surface area contributed by atoms with Crippen LogP contribution in [0.25, 0.3) is 10.9 Å². The Labute approximate surface area is 175 Å². The molecular weight excluding hydrogens is 386 g/mol. The molecule has 154 valence electrons. The lowest BCUT2D eigenvalue weighted by atomic mass is 10.2. The zero-order valence-corrected chi connectivity index (χ0v) is 18.1. The minimum Gasteiger partial charge on any atom is -0.489 e. The third-order valence-corrected chi connectivity index (χ3v) is 5.30. The molecule has 0 spiro atoms. The summed E-state index contributed by atoms with van der Waals surface area (Å²) in [4.78, 5) is 19.4. The van der Waals surface area contributed by atoms with E-state index in [0.717, 1.165) is 27.1 Å². The van der Waals surface area contributed by atoms with Gasteiger partial charge < -0.3 is 14.3 Å². The minimum atomic E-state index is -0.382. The van der Waals surface area contributed by atoms with E-state index in [1.54, 1.807) is 23.4 Å². The number of hydrogen-bond acceptors (Lipinski definition) is 5. The summed E-state index contributed by atoms with van der Waals surface area (Å²) in [6, 6.07) is 15.8. The molecule has 1 aromatic heterocycles. The van der Waals surface area contributed by atoms with Crippen molar-refractivity contribution in [3.8, 4) is 5.75 Å². The highest BCUT2D eigenvalue weighted by atomic mass is 32.2. The lowest BCUT2D eigenvalue weighted by Crippen LogP contribution is -2.19. The Morgan fingerprint density at radius 3 is 2.48 bits per heavy atom. The number of thioether (sulfide) groups is 1. The monoisotopic (exact) mass is 413 g/mol. The van der Waals surface area contributed by atoms with Gasteiger partial charge in [0.25, 0.3) is 0 Å². The fourth-order valence-corrected chi connectivity index (χ4v) is 4.08. The number of rotatable bonds is 9. The summed E-state index contributed by atoms with van der Waals surface area (Å²) in [6.07, 6.45) is 0. The number of benzene rings is 2. The van der Waals surface area contributed by atoms with E-state index in [4.69, 9.17) is 14.3 Å². The van der Waals surface area contributed by atoms with E-state index in [0.29, 0.717) is 25.5 Å². The van der Waals surface area contributed by atoms with E-state index in [9.17, 15) is 4.79 Å². The van der Waals surface area contributed by atoms with E-state index in [2.05, 4.69) is 13.8 Å². The van der Waals surface area contributed by atoms with Crippen molar-refractivity contribution >= 4 is 28.6 Å². The summed E-state index contributed by atoms with van der Waals surface area (Å²) in [5, 5.41) is 1.21. The van der Waals surface area contributed by atoms with Gasteiger partial charge in [0.05, 0.1) is 17.0 Å². The van der Waals surface area contributed by atoms with E-state index in [1.165, 1.54) is 0 Å². The van der Waals surface area contributed by atoms with Crippen LogP contribution in [0.5, 0.6) is 5.75 Å². The number of hydrogen-bond donors (Lipinski definition) is 0. The van der Waals surface area contributed by atoms with Crippen molar-refractivity contribution in [1.29, 1.82) is 0 Å². The summed E-state index contributed by atoms with van der Waals surface area (Å²) < 4.78 is 12.9. The average Bonchev–Trinajstić information content (AvgIpc) is 3.00. The largest absolute Gasteiger partial charge is 0.489 e. The number of fused-ring (bicyclic) bond motifs is 1. The van der Waals surface area contributed by atoms with Crippen molar-refractivity contribution in [2.24, 2.45) is 0 Å². The van der Waals surface area contributed by atoms with Gasteiger partial charge in [-0.25, -0.2) is 4.79 Å².